The maximum atomic E-state index is 11.3. The van der Waals surface area contributed by atoms with E-state index in [9.17, 15) is 15.0 Å². The first-order valence-corrected chi connectivity index (χ1v) is 13.5. The Morgan fingerprint density at radius 3 is 2.18 bits per heavy atom. The van der Waals surface area contributed by atoms with Gasteiger partial charge >= 0.3 is 0 Å². The van der Waals surface area contributed by atoms with Crippen LogP contribution in [0.2, 0.25) is 0 Å². The standard InChI is InChI=1S/C32H40N2O5/c1-21-29(19-34(4)22(2)30(37)26-8-6-5-7-9-26)38-32(28-16-10-24(11-17-28)18-33-23(3)36)39-31(21)27-14-12-25(20-35)13-15-27/h5-17,21-22,29-32,35,37H,18-20H2,1-4H3,(H,33,36)/t21-,22+,29+,30+,31+,32+/m1/s1. The van der Waals surface area contributed by atoms with Crippen LogP contribution in [0.25, 0.3) is 0 Å². The van der Waals surface area contributed by atoms with E-state index < -0.39 is 12.4 Å². The van der Waals surface area contributed by atoms with Crippen molar-refractivity contribution in [2.45, 2.75) is 64.6 Å². The van der Waals surface area contributed by atoms with Crippen molar-refractivity contribution in [3.63, 3.8) is 0 Å². The number of rotatable bonds is 10. The van der Waals surface area contributed by atoms with E-state index in [1.54, 1.807) is 0 Å². The monoisotopic (exact) mass is 532 g/mol. The van der Waals surface area contributed by atoms with Gasteiger partial charge in [-0.1, -0.05) is 85.8 Å². The second kappa shape index (κ2) is 13.3. The summed E-state index contributed by atoms with van der Waals surface area (Å²) < 4.78 is 13.1. The quantitative estimate of drug-likeness (QED) is 0.352. The van der Waals surface area contributed by atoms with Crippen LogP contribution in [0.3, 0.4) is 0 Å². The summed E-state index contributed by atoms with van der Waals surface area (Å²) in [7, 11) is 2.01. The molecule has 208 valence electrons. The lowest BCUT2D eigenvalue weighted by atomic mass is 9.89. The molecule has 3 aromatic carbocycles. The number of benzene rings is 3. The minimum atomic E-state index is -0.625. The van der Waals surface area contributed by atoms with E-state index in [0.29, 0.717) is 13.1 Å². The van der Waals surface area contributed by atoms with Gasteiger partial charge in [0, 0.05) is 37.5 Å². The van der Waals surface area contributed by atoms with E-state index in [2.05, 4.69) is 17.1 Å². The lowest BCUT2D eigenvalue weighted by Gasteiger charge is -2.43. The fourth-order valence-corrected chi connectivity index (χ4v) is 4.97. The smallest absolute Gasteiger partial charge is 0.217 e. The van der Waals surface area contributed by atoms with Crippen LogP contribution in [0.5, 0.6) is 0 Å². The third kappa shape index (κ3) is 7.32. The molecule has 39 heavy (non-hydrogen) atoms. The summed E-state index contributed by atoms with van der Waals surface area (Å²) in [5, 5.41) is 23.3. The minimum absolute atomic E-state index is 0.00697. The summed E-state index contributed by atoms with van der Waals surface area (Å²) in [6.07, 6.45) is -1.59. The fraction of sp³-hybridized carbons (Fsp3) is 0.406. The summed E-state index contributed by atoms with van der Waals surface area (Å²) in [5.41, 5.74) is 4.66. The van der Waals surface area contributed by atoms with Crippen molar-refractivity contribution in [2.24, 2.45) is 5.92 Å². The molecule has 1 aliphatic heterocycles. The van der Waals surface area contributed by atoms with Gasteiger partial charge in [0.2, 0.25) is 5.91 Å². The van der Waals surface area contributed by atoms with Crippen molar-refractivity contribution >= 4 is 5.91 Å². The number of nitrogens with one attached hydrogen (secondary N) is 1. The van der Waals surface area contributed by atoms with Gasteiger partial charge in [-0.2, -0.15) is 0 Å². The lowest BCUT2D eigenvalue weighted by Crippen LogP contribution is -2.46. The van der Waals surface area contributed by atoms with Crippen molar-refractivity contribution in [3.05, 3.63) is 107 Å². The first-order chi connectivity index (χ1) is 18.8. The highest BCUT2D eigenvalue weighted by molar-refractivity contribution is 5.72. The van der Waals surface area contributed by atoms with Crippen LogP contribution in [0.15, 0.2) is 78.9 Å². The number of aliphatic hydroxyl groups excluding tert-OH is 2. The molecular formula is C32H40N2O5. The van der Waals surface area contributed by atoms with Crippen LogP contribution in [0.1, 0.15) is 67.1 Å². The third-order valence-corrected chi connectivity index (χ3v) is 7.68. The zero-order valence-corrected chi connectivity index (χ0v) is 23.2. The highest BCUT2D eigenvalue weighted by atomic mass is 16.7. The van der Waals surface area contributed by atoms with Crippen molar-refractivity contribution in [2.75, 3.05) is 13.6 Å². The highest BCUT2D eigenvalue weighted by Gasteiger charge is 2.39. The molecule has 1 amide bonds. The Labute approximate surface area is 231 Å². The van der Waals surface area contributed by atoms with Crippen LogP contribution in [0.4, 0.5) is 0 Å². The third-order valence-electron chi connectivity index (χ3n) is 7.68. The molecule has 1 fully saturated rings. The molecule has 0 unspecified atom stereocenters. The summed E-state index contributed by atoms with van der Waals surface area (Å²) in [4.78, 5) is 13.4. The summed E-state index contributed by atoms with van der Waals surface area (Å²) >= 11 is 0. The SMILES string of the molecule is CC(=O)NCc1ccc([C@H]2O[C@@H](CN(C)[C@@H](C)[C@H](O)c3ccccc3)[C@@H](C)[C@@H](c3ccc(CO)cc3)O2)cc1. The highest BCUT2D eigenvalue weighted by Crippen LogP contribution is 2.42. The molecule has 0 bridgehead atoms. The van der Waals surface area contributed by atoms with Gasteiger partial charge in [-0.05, 0) is 36.2 Å². The summed E-state index contributed by atoms with van der Waals surface area (Å²) in [5.74, 6) is -0.0376. The average molecular weight is 533 g/mol. The number of amides is 1. The second-order valence-electron chi connectivity index (χ2n) is 10.5. The Kier molecular flexibility index (Phi) is 9.88. The number of aliphatic hydroxyl groups is 2. The molecule has 0 aromatic heterocycles. The van der Waals surface area contributed by atoms with E-state index in [-0.39, 0.29) is 36.7 Å². The average Bonchev–Trinajstić information content (AvgIpc) is 2.97. The Morgan fingerprint density at radius 2 is 1.56 bits per heavy atom. The molecule has 6 atom stereocenters. The maximum Gasteiger partial charge on any atom is 0.217 e. The number of nitrogens with zero attached hydrogens (tertiary/aromatic N) is 1. The fourth-order valence-electron chi connectivity index (χ4n) is 4.97. The Hall–Kier alpha value is -3.07. The first-order valence-electron chi connectivity index (χ1n) is 13.5. The van der Waals surface area contributed by atoms with Gasteiger partial charge in [-0.15, -0.1) is 0 Å². The number of likely N-dealkylation sites (N-methyl/N-ethyl adjacent to an activating group) is 1. The molecule has 1 aliphatic rings. The van der Waals surface area contributed by atoms with Crippen LogP contribution in [-0.4, -0.2) is 46.8 Å². The van der Waals surface area contributed by atoms with Gasteiger partial charge in [-0.3, -0.25) is 9.69 Å². The summed E-state index contributed by atoms with van der Waals surface area (Å²) in [6, 6.07) is 25.4. The zero-order valence-electron chi connectivity index (χ0n) is 23.2. The zero-order chi connectivity index (χ0) is 27.9. The number of hydrogen-bond acceptors (Lipinski definition) is 6. The van der Waals surface area contributed by atoms with E-state index in [4.69, 9.17) is 9.47 Å². The minimum Gasteiger partial charge on any atom is -0.392 e. The van der Waals surface area contributed by atoms with Crippen molar-refractivity contribution < 1.29 is 24.5 Å². The Bertz CT molecular complexity index is 1190. The Morgan fingerprint density at radius 1 is 0.949 bits per heavy atom. The van der Waals surface area contributed by atoms with Crippen molar-refractivity contribution in [3.8, 4) is 0 Å². The predicted octanol–water partition coefficient (Wildman–Crippen LogP) is 4.66. The topological polar surface area (TPSA) is 91.3 Å². The van der Waals surface area contributed by atoms with E-state index >= 15 is 0 Å². The van der Waals surface area contributed by atoms with Gasteiger partial charge in [-0.25, -0.2) is 0 Å². The first kappa shape index (κ1) is 28.9. The maximum absolute atomic E-state index is 11.3. The molecule has 7 heteroatoms. The van der Waals surface area contributed by atoms with Gasteiger partial charge in [0.05, 0.1) is 24.9 Å². The molecule has 3 N–H and O–H groups in total. The normalized spacial score (nSPS) is 22.8. The molecule has 0 aliphatic carbocycles. The summed E-state index contributed by atoms with van der Waals surface area (Å²) in [6.45, 7) is 6.73. The van der Waals surface area contributed by atoms with Crippen LogP contribution >= 0.6 is 0 Å². The number of carbonyl (C=O) groups excluding carboxylic acids is 1. The van der Waals surface area contributed by atoms with Crippen LogP contribution < -0.4 is 5.32 Å². The van der Waals surface area contributed by atoms with Crippen molar-refractivity contribution in [1.29, 1.82) is 0 Å². The van der Waals surface area contributed by atoms with Gasteiger partial charge in [0.25, 0.3) is 0 Å². The molecule has 1 saturated heterocycles. The van der Waals surface area contributed by atoms with Gasteiger partial charge in [0.1, 0.15) is 0 Å². The molecule has 7 nitrogen and oxygen atoms in total. The van der Waals surface area contributed by atoms with Gasteiger partial charge in [0.15, 0.2) is 6.29 Å². The number of hydrogen-bond donors (Lipinski definition) is 3. The lowest BCUT2D eigenvalue weighted by molar-refractivity contribution is -0.276. The van der Waals surface area contributed by atoms with E-state index in [0.717, 1.165) is 27.8 Å². The largest absolute Gasteiger partial charge is 0.392 e. The van der Waals surface area contributed by atoms with E-state index in [1.807, 2.05) is 92.8 Å². The van der Waals surface area contributed by atoms with Crippen LogP contribution in [0, 0.1) is 5.92 Å². The molecule has 4 rings (SSSR count). The second-order valence-corrected chi connectivity index (χ2v) is 10.5. The number of ether oxygens (including phenoxy) is 2. The molecule has 0 spiro atoms. The van der Waals surface area contributed by atoms with Gasteiger partial charge < -0.3 is 25.0 Å². The molecular weight excluding hydrogens is 492 g/mol. The molecule has 3 aromatic rings. The molecule has 0 saturated carbocycles. The molecule has 1 heterocycles. The van der Waals surface area contributed by atoms with Crippen LogP contribution in [-0.2, 0) is 27.4 Å². The molecule has 0 radical (unpaired) electrons. The Balaban J connectivity index is 1.55. The predicted molar refractivity (Wildman–Crippen MR) is 150 cm³/mol. The van der Waals surface area contributed by atoms with Crippen molar-refractivity contribution in [1.82, 2.24) is 10.2 Å². The number of carbonyl (C=O) groups is 1. The van der Waals surface area contributed by atoms with E-state index in [1.165, 1.54) is 6.92 Å².